The number of hydrogen-bond acceptors (Lipinski definition) is 2. The first-order chi connectivity index (χ1) is 12.6. The van der Waals surface area contributed by atoms with Crippen molar-refractivity contribution in [1.29, 1.82) is 0 Å². The van der Waals surface area contributed by atoms with Gasteiger partial charge in [-0.25, -0.2) is 0 Å². The first kappa shape index (κ1) is 16.9. The van der Waals surface area contributed by atoms with E-state index in [0.29, 0.717) is 19.8 Å². The molecule has 1 saturated heterocycles. The fraction of sp³-hybridized carbons (Fsp3) is 0.318. The van der Waals surface area contributed by atoms with Gasteiger partial charge >= 0.3 is 0 Å². The van der Waals surface area contributed by atoms with Gasteiger partial charge in [-0.15, -0.1) is 0 Å². The van der Waals surface area contributed by atoms with Crippen LogP contribution in [0.3, 0.4) is 0 Å². The lowest BCUT2D eigenvalue weighted by molar-refractivity contribution is -0.122. The van der Waals surface area contributed by atoms with Crippen LogP contribution in [-0.2, 0) is 23.1 Å². The number of carbonyl (C=O) groups is 1. The third-order valence-corrected chi connectivity index (χ3v) is 5.32. The van der Waals surface area contributed by atoms with Gasteiger partial charge in [0.2, 0.25) is 5.91 Å². The zero-order chi connectivity index (χ0) is 18.1. The summed E-state index contributed by atoms with van der Waals surface area (Å²) in [6.07, 6.45) is 0.802. The molecule has 2 heterocycles. The van der Waals surface area contributed by atoms with Crippen molar-refractivity contribution >= 4 is 22.5 Å². The van der Waals surface area contributed by atoms with Crippen LogP contribution in [0.4, 0.5) is 5.69 Å². The van der Waals surface area contributed by atoms with E-state index in [0.717, 1.165) is 23.4 Å². The van der Waals surface area contributed by atoms with E-state index in [1.54, 1.807) is 0 Å². The highest BCUT2D eigenvalue weighted by molar-refractivity contribution is 5.96. The van der Waals surface area contributed by atoms with Crippen LogP contribution < -0.4 is 4.90 Å². The molecule has 1 aliphatic heterocycles. The number of ether oxygens (including phenoxy) is 1. The van der Waals surface area contributed by atoms with Gasteiger partial charge < -0.3 is 14.2 Å². The van der Waals surface area contributed by atoms with Crippen molar-refractivity contribution in [2.24, 2.45) is 13.0 Å². The number of aromatic nitrogens is 1. The Morgan fingerprint density at radius 1 is 1.19 bits per heavy atom. The predicted octanol–water partition coefficient (Wildman–Crippen LogP) is 4.06. The number of hydrogen-bond donors (Lipinski definition) is 0. The quantitative estimate of drug-likeness (QED) is 0.713. The minimum absolute atomic E-state index is 0.0516. The molecule has 26 heavy (non-hydrogen) atoms. The van der Waals surface area contributed by atoms with E-state index in [9.17, 15) is 4.79 Å². The van der Waals surface area contributed by atoms with Gasteiger partial charge in [0, 0.05) is 30.6 Å². The van der Waals surface area contributed by atoms with Crippen molar-refractivity contribution in [2.75, 3.05) is 18.1 Å². The molecule has 1 aromatic heterocycles. The van der Waals surface area contributed by atoms with E-state index in [2.05, 4.69) is 42.8 Å². The molecular weight excluding hydrogens is 324 g/mol. The Morgan fingerprint density at radius 3 is 2.69 bits per heavy atom. The van der Waals surface area contributed by atoms with E-state index < -0.39 is 0 Å². The summed E-state index contributed by atoms with van der Waals surface area (Å²) < 4.78 is 7.64. The summed E-state index contributed by atoms with van der Waals surface area (Å²) in [5.74, 6) is 0.103. The standard InChI is InChI=1S/C22H24N2O2/c1-16-7-3-5-9-20(16)24(22(25)18-11-12-26-15-18)14-19-13-17-8-4-6-10-21(17)23(19)2/h3-10,13,18H,11-12,14-15H2,1-2H3. The minimum atomic E-state index is -0.0516. The second-order valence-corrected chi connectivity index (χ2v) is 7.02. The topological polar surface area (TPSA) is 34.5 Å². The summed E-state index contributed by atoms with van der Waals surface area (Å²) in [6, 6.07) is 18.6. The van der Waals surface area contributed by atoms with Crippen LogP contribution in [0.1, 0.15) is 17.7 Å². The van der Waals surface area contributed by atoms with Crippen molar-refractivity contribution in [3.63, 3.8) is 0 Å². The molecule has 134 valence electrons. The summed E-state index contributed by atoms with van der Waals surface area (Å²) in [7, 11) is 2.07. The Kier molecular flexibility index (Phi) is 4.51. The maximum absolute atomic E-state index is 13.3. The number of nitrogens with zero attached hydrogens (tertiary/aromatic N) is 2. The van der Waals surface area contributed by atoms with Crippen molar-refractivity contribution in [3.05, 3.63) is 65.9 Å². The SMILES string of the molecule is Cc1ccccc1N(Cc1cc2ccccc2n1C)C(=O)C1CCOC1. The normalized spacial score (nSPS) is 16.9. The van der Waals surface area contributed by atoms with Gasteiger partial charge in [-0.3, -0.25) is 4.79 Å². The lowest BCUT2D eigenvalue weighted by atomic mass is 10.1. The number of amides is 1. The molecule has 1 atom stereocenters. The van der Waals surface area contributed by atoms with Crippen LogP contribution in [-0.4, -0.2) is 23.7 Å². The van der Waals surface area contributed by atoms with Crippen molar-refractivity contribution < 1.29 is 9.53 Å². The molecule has 1 amide bonds. The third-order valence-electron chi connectivity index (χ3n) is 5.32. The molecule has 4 nitrogen and oxygen atoms in total. The molecule has 1 aliphatic rings. The van der Waals surface area contributed by atoms with Gasteiger partial charge in [0.15, 0.2) is 0 Å². The number of carbonyl (C=O) groups excluding carboxylic acids is 1. The lowest BCUT2D eigenvalue weighted by Gasteiger charge is -2.27. The Bertz CT molecular complexity index is 938. The maximum atomic E-state index is 13.3. The summed E-state index contributed by atoms with van der Waals surface area (Å²) >= 11 is 0. The van der Waals surface area contributed by atoms with Crippen LogP contribution >= 0.6 is 0 Å². The molecule has 0 bridgehead atoms. The molecule has 3 aromatic rings. The summed E-state index contributed by atoms with van der Waals surface area (Å²) in [5, 5.41) is 1.20. The fourth-order valence-electron chi connectivity index (χ4n) is 3.76. The smallest absolute Gasteiger partial charge is 0.232 e. The molecule has 0 aliphatic carbocycles. The Balaban J connectivity index is 1.73. The minimum Gasteiger partial charge on any atom is -0.381 e. The molecule has 0 spiro atoms. The highest BCUT2D eigenvalue weighted by atomic mass is 16.5. The van der Waals surface area contributed by atoms with E-state index in [1.807, 2.05) is 35.2 Å². The largest absolute Gasteiger partial charge is 0.381 e. The van der Waals surface area contributed by atoms with Crippen LogP contribution in [0.25, 0.3) is 10.9 Å². The van der Waals surface area contributed by atoms with E-state index in [1.165, 1.54) is 10.9 Å². The van der Waals surface area contributed by atoms with Crippen LogP contribution in [0.15, 0.2) is 54.6 Å². The molecule has 0 radical (unpaired) electrons. The van der Waals surface area contributed by atoms with Gasteiger partial charge in [0.25, 0.3) is 0 Å². The Labute approximate surface area is 154 Å². The average Bonchev–Trinajstić information content (AvgIpc) is 3.29. The monoisotopic (exact) mass is 348 g/mol. The Hall–Kier alpha value is -2.59. The van der Waals surface area contributed by atoms with Gasteiger partial charge in [-0.2, -0.15) is 0 Å². The summed E-state index contributed by atoms with van der Waals surface area (Å²) in [6.45, 7) is 3.82. The van der Waals surface area contributed by atoms with Crippen LogP contribution in [0.2, 0.25) is 0 Å². The number of fused-ring (bicyclic) bond motifs is 1. The number of aryl methyl sites for hydroxylation is 2. The number of rotatable bonds is 4. The molecule has 1 unspecified atom stereocenters. The second kappa shape index (κ2) is 6.96. The summed E-state index contributed by atoms with van der Waals surface area (Å²) in [5.41, 5.74) is 4.40. The van der Waals surface area contributed by atoms with E-state index in [-0.39, 0.29) is 11.8 Å². The zero-order valence-corrected chi connectivity index (χ0v) is 15.3. The van der Waals surface area contributed by atoms with Crippen LogP contribution in [0, 0.1) is 12.8 Å². The van der Waals surface area contributed by atoms with Crippen molar-refractivity contribution in [3.8, 4) is 0 Å². The van der Waals surface area contributed by atoms with Gasteiger partial charge in [-0.1, -0.05) is 36.4 Å². The van der Waals surface area contributed by atoms with E-state index in [4.69, 9.17) is 4.74 Å². The molecular formula is C22H24N2O2. The predicted molar refractivity (Wildman–Crippen MR) is 104 cm³/mol. The molecule has 0 N–H and O–H groups in total. The molecule has 4 rings (SSSR count). The molecule has 4 heteroatoms. The van der Waals surface area contributed by atoms with E-state index >= 15 is 0 Å². The Morgan fingerprint density at radius 2 is 1.96 bits per heavy atom. The van der Waals surface area contributed by atoms with Crippen molar-refractivity contribution in [1.82, 2.24) is 4.57 Å². The molecule has 1 fully saturated rings. The number of para-hydroxylation sites is 2. The first-order valence-electron chi connectivity index (χ1n) is 9.13. The molecule has 2 aromatic carbocycles. The lowest BCUT2D eigenvalue weighted by Crippen LogP contribution is -2.37. The highest BCUT2D eigenvalue weighted by Gasteiger charge is 2.30. The second-order valence-electron chi connectivity index (χ2n) is 7.02. The fourth-order valence-corrected chi connectivity index (χ4v) is 3.76. The summed E-state index contributed by atoms with van der Waals surface area (Å²) in [4.78, 5) is 15.2. The third kappa shape index (κ3) is 3.01. The highest BCUT2D eigenvalue weighted by Crippen LogP contribution is 2.28. The van der Waals surface area contributed by atoms with Gasteiger partial charge in [-0.05, 0) is 42.5 Å². The van der Waals surface area contributed by atoms with Gasteiger partial charge in [0.05, 0.1) is 19.1 Å². The molecule has 0 saturated carbocycles. The number of benzene rings is 2. The first-order valence-corrected chi connectivity index (χ1v) is 9.13. The zero-order valence-electron chi connectivity index (χ0n) is 15.3. The maximum Gasteiger partial charge on any atom is 0.232 e. The van der Waals surface area contributed by atoms with Crippen molar-refractivity contribution in [2.45, 2.75) is 19.9 Å². The van der Waals surface area contributed by atoms with Crippen LogP contribution in [0.5, 0.6) is 0 Å². The number of anilines is 1. The average molecular weight is 348 g/mol. The van der Waals surface area contributed by atoms with Gasteiger partial charge in [0.1, 0.15) is 0 Å².